The number of nitro groups is 1. The fourth-order valence-corrected chi connectivity index (χ4v) is 2.37. The molecule has 0 aliphatic rings. The van der Waals surface area contributed by atoms with Gasteiger partial charge in [-0.3, -0.25) is 14.9 Å². The van der Waals surface area contributed by atoms with Crippen LogP contribution in [0.25, 0.3) is 11.1 Å². The molecule has 0 amide bonds. The number of hydrogen-bond donors (Lipinski definition) is 0. The molecule has 0 spiro atoms. The Morgan fingerprint density at radius 1 is 0.739 bits per heavy atom. The van der Waals surface area contributed by atoms with E-state index in [0.29, 0.717) is 11.1 Å². The second-order valence-electron chi connectivity index (χ2n) is 5.08. The van der Waals surface area contributed by atoms with E-state index < -0.39 is 4.92 Å². The van der Waals surface area contributed by atoms with Crippen molar-refractivity contribution in [2.45, 2.75) is 0 Å². The lowest BCUT2D eigenvalue weighted by Crippen LogP contribution is -2.02. The highest BCUT2D eigenvalue weighted by molar-refractivity contribution is 6.09. The van der Waals surface area contributed by atoms with Gasteiger partial charge in [-0.25, -0.2) is 0 Å². The lowest BCUT2D eigenvalue weighted by molar-refractivity contribution is -0.384. The van der Waals surface area contributed by atoms with Crippen LogP contribution < -0.4 is 0 Å². The fourth-order valence-electron chi connectivity index (χ4n) is 2.37. The quantitative estimate of drug-likeness (QED) is 0.405. The summed E-state index contributed by atoms with van der Waals surface area (Å²) in [6.45, 7) is 0. The van der Waals surface area contributed by atoms with E-state index in [1.165, 1.54) is 18.2 Å². The van der Waals surface area contributed by atoms with E-state index in [1.54, 1.807) is 18.2 Å². The number of carbonyl (C=O) groups excluding carboxylic acids is 1. The molecule has 3 aromatic carbocycles. The van der Waals surface area contributed by atoms with Crippen molar-refractivity contribution in [3.05, 3.63) is 100 Å². The van der Waals surface area contributed by atoms with E-state index in [4.69, 9.17) is 0 Å². The van der Waals surface area contributed by atoms with Crippen molar-refractivity contribution in [2.24, 2.45) is 0 Å². The second-order valence-corrected chi connectivity index (χ2v) is 5.08. The van der Waals surface area contributed by atoms with Crippen molar-refractivity contribution in [2.75, 3.05) is 0 Å². The highest BCUT2D eigenvalue weighted by Gasteiger charge is 2.13. The zero-order valence-electron chi connectivity index (χ0n) is 12.2. The Hall–Kier alpha value is -3.27. The van der Waals surface area contributed by atoms with Crippen molar-refractivity contribution in [3.8, 4) is 11.1 Å². The van der Waals surface area contributed by atoms with Gasteiger partial charge in [0.15, 0.2) is 5.78 Å². The molecule has 0 atom stereocenters. The number of rotatable bonds is 4. The smallest absolute Gasteiger partial charge is 0.270 e. The van der Waals surface area contributed by atoms with Crippen LogP contribution in [0.5, 0.6) is 0 Å². The third kappa shape index (κ3) is 3.16. The number of benzene rings is 3. The number of nitro benzene ring substituents is 1. The lowest BCUT2D eigenvalue weighted by atomic mass is 9.99. The Bertz CT molecular complexity index is 855. The molecule has 3 rings (SSSR count). The van der Waals surface area contributed by atoms with E-state index in [9.17, 15) is 14.9 Å². The molecule has 3 aromatic rings. The summed E-state index contributed by atoms with van der Waals surface area (Å²) in [6, 6.07) is 22.9. The molecule has 0 heterocycles. The topological polar surface area (TPSA) is 60.2 Å². The van der Waals surface area contributed by atoms with Crippen LogP contribution in [-0.4, -0.2) is 10.7 Å². The summed E-state index contributed by atoms with van der Waals surface area (Å²) in [5, 5.41) is 10.8. The Labute approximate surface area is 133 Å². The van der Waals surface area contributed by atoms with Gasteiger partial charge in [0.1, 0.15) is 0 Å². The molecule has 0 aromatic heterocycles. The molecule has 0 aliphatic carbocycles. The van der Waals surface area contributed by atoms with Crippen molar-refractivity contribution >= 4 is 11.5 Å². The van der Waals surface area contributed by atoms with Gasteiger partial charge in [-0.15, -0.1) is 0 Å². The highest BCUT2D eigenvalue weighted by atomic mass is 16.6. The van der Waals surface area contributed by atoms with Gasteiger partial charge in [-0.05, 0) is 11.1 Å². The summed E-state index contributed by atoms with van der Waals surface area (Å²) in [6.07, 6.45) is 0. The minimum absolute atomic E-state index is 0.0863. The summed E-state index contributed by atoms with van der Waals surface area (Å²) < 4.78 is 0. The Morgan fingerprint density at radius 3 is 2.04 bits per heavy atom. The molecule has 0 unspecified atom stereocenters. The number of non-ortho nitro benzene ring substituents is 1. The van der Waals surface area contributed by atoms with Crippen LogP contribution in [0.1, 0.15) is 15.9 Å². The highest BCUT2D eigenvalue weighted by Crippen LogP contribution is 2.21. The number of nitrogens with zero attached hydrogens (tertiary/aromatic N) is 1. The Balaban J connectivity index is 1.89. The zero-order chi connectivity index (χ0) is 16.2. The standard InChI is InChI=1S/C19H13NO3/c21-19(17-7-4-8-18(13-17)20(22)23)16-11-9-15(10-12-16)14-5-2-1-3-6-14/h1-13H. The van der Waals surface area contributed by atoms with Crippen LogP contribution in [0.3, 0.4) is 0 Å². The molecule has 0 fully saturated rings. The van der Waals surface area contributed by atoms with Crippen LogP contribution in [0.4, 0.5) is 5.69 Å². The molecular weight excluding hydrogens is 290 g/mol. The number of carbonyl (C=O) groups is 1. The average Bonchev–Trinajstić information content (AvgIpc) is 2.62. The Kier molecular flexibility index (Phi) is 3.97. The average molecular weight is 303 g/mol. The van der Waals surface area contributed by atoms with Gasteiger partial charge in [0.05, 0.1) is 4.92 Å². The molecule has 4 nitrogen and oxygen atoms in total. The summed E-state index contributed by atoms with van der Waals surface area (Å²) in [4.78, 5) is 22.7. The summed E-state index contributed by atoms with van der Waals surface area (Å²) in [7, 11) is 0. The molecule has 0 radical (unpaired) electrons. The summed E-state index contributed by atoms with van der Waals surface area (Å²) >= 11 is 0. The monoisotopic (exact) mass is 303 g/mol. The summed E-state index contributed by atoms with van der Waals surface area (Å²) in [5.41, 5.74) is 2.82. The maximum Gasteiger partial charge on any atom is 0.270 e. The van der Waals surface area contributed by atoms with Crippen LogP contribution in [0, 0.1) is 10.1 Å². The number of ketones is 1. The molecule has 0 saturated heterocycles. The van der Waals surface area contributed by atoms with E-state index in [0.717, 1.165) is 11.1 Å². The molecule has 23 heavy (non-hydrogen) atoms. The molecular formula is C19H13NO3. The van der Waals surface area contributed by atoms with Crippen LogP contribution in [0.15, 0.2) is 78.9 Å². The van der Waals surface area contributed by atoms with Crippen molar-refractivity contribution in [3.63, 3.8) is 0 Å². The Morgan fingerprint density at radius 2 is 1.39 bits per heavy atom. The van der Waals surface area contributed by atoms with Crippen LogP contribution in [-0.2, 0) is 0 Å². The molecule has 112 valence electrons. The largest absolute Gasteiger partial charge is 0.289 e. The van der Waals surface area contributed by atoms with E-state index in [-0.39, 0.29) is 11.5 Å². The second kappa shape index (κ2) is 6.23. The lowest BCUT2D eigenvalue weighted by Gasteiger charge is -2.04. The zero-order valence-corrected chi connectivity index (χ0v) is 12.2. The summed E-state index contributed by atoms with van der Waals surface area (Å²) in [5.74, 6) is -0.228. The SMILES string of the molecule is O=C(c1ccc(-c2ccccc2)cc1)c1cccc([N+](=O)[O-])c1. The minimum atomic E-state index is -0.505. The van der Waals surface area contributed by atoms with Gasteiger partial charge < -0.3 is 0 Å². The van der Waals surface area contributed by atoms with E-state index >= 15 is 0 Å². The van der Waals surface area contributed by atoms with Crippen molar-refractivity contribution in [1.29, 1.82) is 0 Å². The van der Waals surface area contributed by atoms with Crippen molar-refractivity contribution < 1.29 is 9.72 Å². The van der Waals surface area contributed by atoms with Crippen molar-refractivity contribution in [1.82, 2.24) is 0 Å². The predicted molar refractivity (Wildman–Crippen MR) is 88.4 cm³/mol. The van der Waals surface area contributed by atoms with E-state index in [2.05, 4.69) is 0 Å². The normalized spacial score (nSPS) is 10.3. The third-order valence-corrected chi connectivity index (χ3v) is 3.57. The fraction of sp³-hybridized carbons (Fsp3) is 0. The van der Waals surface area contributed by atoms with Gasteiger partial charge in [-0.2, -0.15) is 0 Å². The first-order valence-corrected chi connectivity index (χ1v) is 7.10. The molecule has 0 N–H and O–H groups in total. The first-order valence-electron chi connectivity index (χ1n) is 7.10. The first kappa shape index (κ1) is 14.7. The van der Waals surface area contributed by atoms with Crippen LogP contribution >= 0.6 is 0 Å². The van der Waals surface area contributed by atoms with Gasteiger partial charge in [0, 0.05) is 23.3 Å². The van der Waals surface area contributed by atoms with Gasteiger partial charge in [0.2, 0.25) is 0 Å². The third-order valence-electron chi connectivity index (χ3n) is 3.57. The van der Waals surface area contributed by atoms with Crippen LogP contribution in [0.2, 0.25) is 0 Å². The molecule has 4 heteroatoms. The van der Waals surface area contributed by atoms with Gasteiger partial charge >= 0.3 is 0 Å². The van der Waals surface area contributed by atoms with Gasteiger partial charge in [-0.1, -0.05) is 66.7 Å². The predicted octanol–water partition coefficient (Wildman–Crippen LogP) is 4.49. The molecule has 0 aliphatic heterocycles. The van der Waals surface area contributed by atoms with E-state index in [1.807, 2.05) is 42.5 Å². The molecule has 0 bridgehead atoms. The maximum absolute atomic E-state index is 12.4. The number of hydrogen-bond acceptors (Lipinski definition) is 3. The first-order chi connectivity index (χ1) is 11.1. The molecule has 0 saturated carbocycles. The maximum atomic E-state index is 12.4. The van der Waals surface area contributed by atoms with Gasteiger partial charge in [0.25, 0.3) is 5.69 Å². The minimum Gasteiger partial charge on any atom is -0.289 e.